The SMILES string of the molecule is CCCNC1CCCCc2ccc(Cl)cc21. The van der Waals surface area contributed by atoms with Gasteiger partial charge in [-0.2, -0.15) is 0 Å². The lowest BCUT2D eigenvalue weighted by molar-refractivity contribution is 0.489. The van der Waals surface area contributed by atoms with Gasteiger partial charge in [-0.3, -0.25) is 0 Å². The van der Waals surface area contributed by atoms with E-state index in [4.69, 9.17) is 11.6 Å². The zero-order chi connectivity index (χ0) is 11.4. The summed E-state index contributed by atoms with van der Waals surface area (Å²) in [5.41, 5.74) is 2.91. The number of halogens is 1. The van der Waals surface area contributed by atoms with Crippen LogP contribution in [0.4, 0.5) is 0 Å². The molecule has 0 amide bonds. The van der Waals surface area contributed by atoms with Gasteiger partial charge in [-0.1, -0.05) is 31.0 Å². The van der Waals surface area contributed by atoms with Crippen molar-refractivity contribution in [3.8, 4) is 0 Å². The highest BCUT2D eigenvalue weighted by Gasteiger charge is 2.17. The Morgan fingerprint density at radius 3 is 3.06 bits per heavy atom. The fourth-order valence-corrected chi connectivity index (χ4v) is 2.65. The van der Waals surface area contributed by atoms with Crippen LogP contribution in [-0.4, -0.2) is 6.54 Å². The number of benzene rings is 1. The molecule has 0 aliphatic heterocycles. The molecule has 1 aliphatic rings. The number of nitrogens with one attached hydrogen (secondary N) is 1. The van der Waals surface area contributed by atoms with Crippen molar-refractivity contribution >= 4 is 11.6 Å². The van der Waals surface area contributed by atoms with Crippen LogP contribution in [0.2, 0.25) is 5.02 Å². The number of hydrogen-bond donors (Lipinski definition) is 1. The highest BCUT2D eigenvalue weighted by molar-refractivity contribution is 6.30. The van der Waals surface area contributed by atoms with Crippen molar-refractivity contribution in [3.05, 3.63) is 34.3 Å². The second-order valence-electron chi connectivity index (χ2n) is 4.60. The summed E-state index contributed by atoms with van der Waals surface area (Å²) in [4.78, 5) is 0. The molecule has 0 aromatic heterocycles. The molecule has 1 aliphatic carbocycles. The van der Waals surface area contributed by atoms with Crippen LogP contribution in [0, 0.1) is 0 Å². The minimum atomic E-state index is 0.510. The van der Waals surface area contributed by atoms with Crippen molar-refractivity contribution in [3.63, 3.8) is 0 Å². The van der Waals surface area contributed by atoms with Crippen molar-refractivity contribution in [1.29, 1.82) is 0 Å². The Bertz CT molecular complexity index is 349. The first-order valence-electron chi connectivity index (χ1n) is 6.33. The summed E-state index contributed by atoms with van der Waals surface area (Å²) < 4.78 is 0. The third kappa shape index (κ3) is 2.78. The van der Waals surface area contributed by atoms with Gasteiger partial charge in [0.1, 0.15) is 0 Å². The van der Waals surface area contributed by atoms with Crippen LogP contribution in [0.5, 0.6) is 0 Å². The molecule has 0 saturated heterocycles. The van der Waals surface area contributed by atoms with Gasteiger partial charge in [-0.25, -0.2) is 0 Å². The standard InChI is InChI=1S/C14H20ClN/c1-2-9-16-14-6-4-3-5-11-7-8-12(15)10-13(11)14/h7-8,10,14,16H,2-6,9H2,1H3. The lowest BCUT2D eigenvalue weighted by Crippen LogP contribution is -2.22. The number of fused-ring (bicyclic) bond motifs is 1. The van der Waals surface area contributed by atoms with E-state index in [2.05, 4.69) is 24.4 Å². The predicted molar refractivity (Wildman–Crippen MR) is 70.0 cm³/mol. The normalized spacial score (nSPS) is 20.2. The Morgan fingerprint density at radius 1 is 1.38 bits per heavy atom. The molecule has 88 valence electrons. The molecule has 0 radical (unpaired) electrons. The van der Waals surface area contributed by atoms with Gasteiger partial charge in [0.15, 0.2) is 0 Å². The van der Waals surface area contributed by atoms with E-state index in [1.165, 1.54) is 43.2 Å². The average Bonchev–Trinajstić information content (AvgIpc) is 2.48. The molecule has 1 aromatic rings. The van der Waals surface area contributed by atoms with Crippen molar-refractivity contribution in [2.45, 2.75) is 45.1 Å². The molecular weight excluding hydrogens is 218 g/mol. The van der Waals surface area contributed by atoms with E-state index in [-0.39, 0.29) is 0 Å². The topological polar surface area (TPSA) is 12.0 Å². The second-order valence-corrected chi connectivity index (χ2v) is 5.03. The van der Waals surface area contributed by atoms with Gasteiger partial charge >= 0.3 is 0 Å². The zero-order valence-corrected chi connectivity index (χ0v) is 10.7. The van der Waals surface area contributed by atoms with E-state index in [1.807, 2.05) is 6.07 Å². The Hall–Kier alpha value is -0.530. The molecule has 16 heavy (non-hydrogen) atoms. The summed E-state index contributed by atoms with van der Waals surface area (Å²) >= 11 is 6.10. The smallest absolute Gasteiger partial charge is 0.0409 e. The molecule has 0 saturated carbocycles. The lowest BCUT2D eigenvalue weighted by atomic mass is 9.99. The quantitative estimate of drug-likeness (QED) is 0.781. The third-order valence-electron chi connectivity index (χ3n) is 3.31. The maximum atomic E-state index is 6.10. The Balaban J connectivity index is 2.24. The van der Waals surface area contributed by atoms with Crippen LogP contribution in [-0.2, 0) is 6.42 Å². The number of hydrogen-bond acceptors (Lipinski definition) is 1. The fraction of sp³-hybridized carbons (Fsp3) is 0.571. The van der Waals surface area contributed by atoms with Gasteiger partial charge in [-0.15, -0.1) is 0 Å². The summed E-state index contributed by atoms with van der Waals surface area (Å²) in [5.74, 6) is 0. The van der Waals surface area contributed by atoms with Crippen LogP contribution >= 0.6 is 11.6 Å². The Kier molecular flexibility index (Phi) is 4.25. The second kappa shape index (κ2) is 5.70. The zero-order valence-electron chi connectivity index (χ0n) is 9.93. The molecule has 1 atom stereocenters. The summed E-state index contributed by atoms with van der Waals surface area (Å²) in [7, 11) is 0. The molecule has 0 bridgehead atoms. The minimum absolute atomic E-state index is 0.510. The van der Waals surface area contributed by atoms with Crippen LogP contribution in [0.25, 0.3) is 0 Å². The number of rotatable bonds is 3. The molecule has 0 heterocycles. The first-order chi connectivity index (χ1) is 7.81. The summed E-state index contributed by atoms with van der Waals surface area (Å²) in [5, 5.41) is 4.50. The molecule has 1 N–H and O–H groups in total. The summed E-state index contributed by atoms with van der Waals surface area (Å²) in [6, 6.07) is 6.87. The van der Waals surface area contributed by atoms with Crippen LogP contribution in [0.15, 0.2) is 18.2 Å². The molecule has 2 rings (SSSR count). The first kappa shape index (κ1) is 11.9. The monoisotopic (exact) mass is 237 g/mol. The van der Waals surface area contributed by atoms with Gasteiger partial charge in [0.2, 0.25) is 0 Å². The molecule has 2 heteroatoms. The molecule has 1 unspecified atom stereocenters. The van der Waals surface area contributed by atoms with E-state index >= 15 is 0 Å². The van der Waals surface area contributed by atoms with Gasteiger partial charge in [0.05, 0.1) is 0 Å². The van der Waals surface area contributed by atoms with Crippen molar-refractivity contribution in [2.75, 3.05) is 6.54 Å². The molecule has 1 nitrogen and oxygen atoms in total. The van der Waals surface area contributed by atoms with Gasteiger partial charge in [0, 0.05) is 11.1 Å². The molecule has 1 aromatic carbocycles. The van der Waals surface area contributed by atoms with E-state index in [0.717, 1.165) is 11.6 Å². The molecule has 0 spiro atoms. The first-order valence-corrected chi connectivity index (χ1v) is 6.70. The average molecular weight is 238 g/mol. The maximum absolute atomic E-state index is 6.10. The third-order valence-corrected chi connectivity index (χ3v) is 3.55. The van der Waals surface area contributed by atoms with Crippen molar-refractivity contribution in [2.24, 2.45) is 0 Å². The van der Waals surface area contributed by atoms with E-state index in [9.17, 15) is 0 Å². The highest BCUT2D eigenvalue weighted by atomic mass is 35.5. The van der Waals surface area contributed by atoms with Crippen LogP contribution in [0.1, 0.15) is 49.8 Å². The highest BCUT2D eigenvalue weighted by Crippen LogP contribution is 2.30. The van der Waals surface area contributed by atoms with Crippen LogP contribution < -0.4 is 5.32 Å². The Labute approximate surface area is 103 Å². The summed E-state index contributed by atoms with van der Waals surface area (Å²) in [6.45, 7) is 3.30. The lowest BCUT2D eigenvalue weighted by Gasteiger charge is -2.19. The van der Waals surface area contributed by atoms with Crippen LogP contribution in [0.3, 0.4) is 0 Å². The van der Waals surface area contributed by atoms with Gasteiger partial charge in [-0.05, 0) is 55.5 Å². The van der Waals surface area contributed by atoms with E-state index in [1.54, 1.807) is 0 Å². The molecular formula is C14H20ClN. The van der Waals surface area contributed by atoms with Gasteiger partial charge in [0.25, 0.3) is 0 Å². The predicted octanol–water partition coefficient (Wildman–Crippen LogP) is 4.11. The van der Waals surface area contributed by atoms with Gasteiger partial charge < -0.3 is 5.32 Å². The Morgan fingerprint density at radius 2 is 2.25 bits per heavy atom. The van der Waals surface area contributed by atoms with E-state index < -0.39 is 0 Å². The fourth-order valence-electron chi connectivity index (χ4n) is 2.47. The molecule has 0 fully saturated rings. The van der Waals surface area contributed by atoms with Crippen molar-refractivity contribution in [1.82, 2.24) is 5.32 Å². The maximum Gasteiger partial charge on any atom is 0.0409 e. The number of aryl methyl sites for hydroxylation is 1. The van der Waals surface area contributed by atoms with Crippen molar-refractivity contribution < 1.29 is 0 Å². The van der Waals surface area contributed by atoms with E-state index in [0.29, 0.717) is 6.04 Å². The minimum Gasteiger partial charge on any atom is -0.310 e. The summed E-state index contributed by atoms with van der Waals surface area (Å²) in [6.07, 6.45) is 6.25. The largest absolute Gasteiger partial charge is 0.310 e.